The molecule has 2 N–H and O–H groups in total. The summed E-state index contributed by atoms with van der Waals surface area (Å²) in [5.41, 5.74) is 1.94. The second kappa shape index (κ2) is 11.6. The molecule has 1 atom stereocenters. The largest absolute Gasteiger partial charge is 0.492 e. The Labute approximate surface area is 209 Å². The van der Waals surface area contributed by atoms with E-state index in [9.17, 15) is 9.59 Å². The Morgan fingerprint density at radius 3 is 2.40 bits per heavy atom. The van der Waals surface area contributed by atoms with Crippen molar-refractivity contribution in [1.82, 2.24) is 0 Å². The average Bonchev–Trinajstić information content (AvgIpc) is 2.88. The molecule has 0 heterocycles. The summed E-state index contributed by atoms with van der Waals surface area (Å²) in [6.45, 7) is 4.42. The Morgan fingerprint density at radius 2 is 1.60 bits per heavy atom. The van der Waals surface area contributed by atoms with Crippen LogP contribution in [0.25, 0.3) is 10.8 Å². The molecule has 0 aromatic heterocycles. The summed E-state index contributed by atoms with van der Waals surface area (Å²) in [5.74, 6) is 0.395. The number of hydrogen-bond donors (Lipinski definition) is 2. The first-order valence-corrected chi connectivity index (χ1v) is 12.5. The molecule has 35 heavy (non-hydrogen) atoms. The Kier molecular flexibility index (Phi) is 8.06. The summed E-state index contributed by atoms with van der Waals surface area (Å²) >= 11 is 1.47. The number of rotatable bonds is 9. The van der Waals surface area contributed by atoms with Gasteiger partial charge in [-0.05, 0) is 66.6 Å². The van der Waals surface area contributed by atoms with Crippen LogP contribution in [0.2, 0.25) is 0 Å². The van der Waals surface area contributed by atoms with Crippen LogP contribution in [0.5, 0.6) is 5.75 Å². The topological polar surface area (TPSA) is 67.4 Å². The quantitative estimate of drug-likeness (QED) is 0.251. The first kappa shape index (κ1) is 24.4. The molecule has 5 nitrogen and oxygen atoms in total. The van der Waals surface area contributed by atoms with Crippen LogP contribution >= 0.6 is 11.8 Å². The number of anilines is 2. The molecule has 4 aromatic rings. The van der Waals surface area contributed by atoms with E-state index in [1.54, 1.807) is 0 Å². The molecule has 0 aliphatic carbocycles. The average molecular weight is 485 g/mol. The van der Waals surface area contributed by atoms with Crippen molar-refractivity contribution in [1.29, 1.82) is 0 Å². The van der Waals surface area contributed by atoms with Crippen molar-refractivity contribution < 1.29 is 14.3 Å². The maximum Gasteiger partial charge on any atom is 0.255 e. The fourth-order valence-corrected chi connectivity index (χ4v) is 4.75. The monoisotopic (exact) mass is 484 g/mol. The first-order valence-electron chi connectivity index (χ1n) is 11.7. The van der Waals surface area contributed by atoms with Gasteiger partial charge in [-0.2, -0.15) is 0 Å². The lowest BCUT2D eigenvalue weighted by molar-refractivity contribution is -0.115. The van der Waals surface area contributed by atoms with Crippen molar-refractivity contribution in [2.75, 3.05) is 17.2 Å². The second-order valence-corrected chi connectivity index (χ2v) is 9.25. The third-order valence-electron chi connectivity index (χ3n) is 5.49. The second-order valence-electron chi connectivity index (χ2n) is 7.98. The predicted molar refractivity (Wildman–Crippen MR) is 145 cm³/mol. The van der Waals surface area contributed by atoms with Crippen LogP contribution < -0.4 is 15.4 Å². The standard InChI is InChI=1S/C29H28N2O3S/c1-3-27(29(33)31-25-14-7-8-15-26(25)34-4-2)35-24-13-9-12-23(19-24)30-28(32)22-17-16-20-10-5-6-11-21(20)18-22/h5-19,27H,3-4H2,1-2H3,(H,30,32)(H,31,33). The van der Waals surface area contributed by atoms with Crippen molar-refractivity contribution in [2.24, 2.45) is 0 Å². The summed E-state index contributed by atoms with van der Waals surface area (Å²) in [6, 6.07) is 28.6. The number of amides is 2. The SMILES string of the molecule is CCOc1ccccc1NC(=O)C(CC)Sc1cccc(NC(=O)c2ccc3ccccc3c2)c1. The van der Waals surface area contributed by atoms with Crippen LogP contribution in [0.4, 0.5) is 11.4 Å². The van der Waals surface area contributed by atoms with Crippen molar-refractivity contribution in [3.8, 4) is 5.75 Å². The number of benzene rings is 4. The van der Waals surface area contributed by atoms with Gasteiger partial charge in [0.1, 0.15) is 5.75 Å². The lowest BCUT2D eigenvalue weighted by atomic mass is 10.1. The number of carbonyl (C=O) groups excluding carboxylic acids is 2. The summed E-state index contributed by atoms with van der Waals surface area (Å²) in [7, 11) is 0. The maximum absolute atomic E-state index is 13.0. The molecule has 0 fully saturated rings. The molecule has 2 amide bonds. The van der Waals surface area contributed by atoms with Gasteiger partial charge in [-0.25, -0.2) is 0 Å². The van der Waals surface area contributed by atoms with E-state index in [0.717, 1.165) is 15.7 Å². The van der Waals surface area contributed by atoms with E-state index in [0.29, 0.717) is 35.7 Å². The molecule has 0 aliphatic heterocycles. The van der Waals surface area contributed by atoms with Gasteiger partial charge in [0.25, 0.3) is 5.91 Å². The zero-order valence-corrected chi connectivity index (χ0v) is 20.6. The van der Waals surface area contributed by atoms with Gasteiger partial charge < -0.3 is 15.4 Å². The molecule has 178 valence electrons. The summed E-state index contributed by atoms with van der Waals surface area (Å²) in [6.07, 6.45) is 0.654. The molecular formula is C29H28N2O3S. The number of hydrogen-bond acceptors (Lipinski definition) is 4. The summed E-state index contributed by atoms with van der Waals surface area (Å²) < 4.78 is 5.62. The van der Waals surface area contributed by atoms with Crippen molar-refractivity contribution in [3.05, 3.63) is 96.6 Å². The Morgan fingerprint density at radius 1 is 0.829 bits per heavy atom. The highest BCUT2D eigenvalue weighted by atomic mass is 32.2. The van der Waals surface area contributed by atoms with Gasteiger partial charge in [0, 0.05) is 16.1 Å². The normalized spacial score (nSPS) is 11.6. The smallest absolute Gasteiger partial charge is 0.255 e. The van der Waals surface area contributed by atoms with Crippen LogP contribution in [0.1, 0.15) is 30.6 Å². The molecule has 0 saturated carbocycles. The minimum Gasteiger partial charge on any atom is -0.492 e. The molecule has 0 radical (unpaired) electrons. The van der Waals surface area contributed by atoms with Gasteiger partial charge in [0.05, 0.1) is 17.5 Å². The van der Waals surface area contributed by atoms with E-state index in [4.69, 9.17) is 4.74 Å². The van der Waals surface area contributed by atoms with Gasteiger partial charge in [-0.3, -0.25) is 9.59 Å². The summed E-state index contributed by atoms with van der Waals surface area (Å²) in [4.78, 5) is 26.8. The number of fused-ring (bicyclic) bond motifs is 1. The van der Waals surface area contributed by atoms with Crippen LogP contribution in [-0.4, -0.2) is 23.7 Å². The lowest BCUT2D eigenvalue weighted by Gasteiger charge is -2.17. The number of nitrogens with one attached hydrogen (secondary N) is 2. The third kappa shape index (κ3) is 6.22. The van der Waals surface area contributed by atoms with Gasteiger partial charge in [-0.15, -0.1) is 11.8 Å². The zero-order valence-electron chi connectivity index (χ0n) is 19.8. The number of para-hydroxylation sites is 2. The minimum absolute atomic E-state index is 0.0877. The van der Waals surface area contributed by atoms with Crippen LogP contribution in [-0.2, 0) is 4.79 Å². The van der Waals surface area contributed by atoms with Crippen LogP contribution in [0, 0.1) is 0 Å². The fraction of sp³-hybridized carbons (Fsp3) is 0.172. The zero-order chi connectivity index (χ0) is 24.6. The van der Waals surface area contributed by atoms with E-state index >= 15 is 0 Å². The minimum atomic E-state index is -0.295. The van der Waals surface area contributed by atoms with E-state index in [1.807, 2.05) is 105 Å². The lowest BCUT2D eigenvalue weighted by Crippen LogP contribution is -2.24. The first-order chi connectivity index (χ1) is 17.1. The highest BCUT2D eigenvalue weighted by molar-refractivity contribution is 8.00. The highest BCUT2D eigenvalue weighted by Crippen LogP contribution is 2.30. The molecular weight excluding hydrogens is 456 g/mol. The summed E-state index contributed by atoms with van der Waals surface area (Å²) in [5, 5.41) is 7.79. The number of ether oxygens (including phenoxy) is 1. The van der Waals surface area contributed by atoms with Gasteiger partial charge in [0.15, 0.2) is 0 Å². The van der Waals surface area contributed by atoms with E-state index in [2.05, 4.69) is 10.6 Å². The molecule has 4 rings (SSSR count). The maximum atomic E-state index is 13.0. The van der Waals surface area contributed by atoms with Gasteiger partial charge >= 0.3 is 0 Å². The molecule has 6 heteroatoms. The van der Waals surface area contributed by atoms with Gasteiger partial charge in [-0.1, -0.05) is 55.5 Å². The fourth-order valence-electron chi connectivity index (χ4n) is 3.73. The number of thioether (sulfide) groups is 1. The molecule has 0 saturated heterocycles. The molecule has 0 bridgehead atoms. The Balaban J connectivity index is 1.43. The third-order valence-corrected chi connectivity index (χ3v) is 6.85. The van der Waals surface area contributed by atoms with Crippen molar-refractivity contribution >= 4 is 45.7 Å². The number of carbonyl (C=O) groups is 2. The van der Waals surface area contributed by atoms with Gasteiger partial charge in [0.2, 0.25) is 5.91 Å². The van der Waals surface area contributed by atoms with Crippen LogP contribution in [0.3, 0.4) is 0 Å². The predicted octanol–water partition coefficient (Wildman–Crippen LogP) is 7.00. The molecule has 0 spiro atoms. The van der Waals surface area contributed by atoms with Crippen LogP contribution in [0.15, 0.2) is 95.9 Å². The molecule has 0 aliphatic rings. The molecule has 4 aromatic carbocycles. The van der Waals surface area contributed by atoms with E-state index in [1.165, 1.54) is 11.8 Å². The molecule has 1 unspecified atom stereocenters. The van der Waals surface area contributed by atoms with E-state index in [-0.39, 0.29) is 17.1 Å². The van der Waals surface area contributed by atoms with E-state index < -0.39 is 0 Å². The van der Waals surface area contributed by atoms with Crippen molar-refractivity contribution in [3.63, 3.8) is 0 Å². The highest BCUT2D eigenvalue weighted by Gasteiger charge is 2.20. The Hall–Kier alpha value is -3.77. The Bertz CT molecular complexity index is 1340. The van der Waals surface area contributed by atoms with Crippen molar-refractivity contribution in [2.45, 2.75) is 30.4 Å².